The Kier molecular flexibility index (Phi) is 9.46. The lowest BCUT2D eigenvalue weighted by molar-refractivity contribution is 0.419. The van der Waals surface area contributed by atoms with Crippen LogP contribution in [-0.2, 0) is 5.41 Å². The van der Waals surface area contributed by atoms with Crippen molar-refractivity contribution in [2.24, 2.45) is 5.92 Å². The van der Waals surface area contributed by atoms with Gasteiger partial charge in [-0.15, -0.1) is 0 Å². The van der Waals surface area contributed by atoms with E-state index >= 15 is 0 Å². The molecule has 2 saturated carbocycles. The van der Waals surface area contributed by atoms with E-state index < -0.39 is 0 Å². The lowest BCUT2D eigenvalue weighted by atomic mass is 9.77. The summed E-state index contributed by atoms with van der Waals surface area (Å²) in [5, 5.41) is 0. The van der Waals surface area contributed by atoms with E-state index in [9.17, 15) is 0 Å². The average Bonchev–Trinajstić information content (AvgIpc) is 3.98. The second kappa shape index (κ2) is 15.7. The summed E-state index contributed by atoms with van der Waals surface area (Å²) < 4.78 is 0. The summed E-state index contributed by atoms with van der Waals surface area (Å²) in [6, 6.07) is 70.6. The fourth-order valence-electron chi connectivity index (χ4n) is 9.66. The van der Waals surface area contributed by atoms with Crippen LogP contribution in [0.1, 0.15) is 37.7 Å². The Bertz CT molecular complexity index is 2950. The molecule has 0 amide bonds. The third-order valence-electron chi connectivity index (χ3n) is 13.0. The normalized spacial score (nSPS) is 16.8. The van der Waals surface area contributed by atoms with E-state index in [1.807, 2.05) is 30.3 Å². The van der Waals surface area contributed by atoms with Gasteiger partial charge < -0.3 is 0 Å². The van der Waals surface area contributed by atoms with Crippen LogP contribution in [0.15, 0.2) is 200 Å². The van der Waals surface area contributed by atoms with E-state index in [0.717, 1.165) is 79.0 Å². The molecule has 4 heteroatoms. The number of nitrogens with zero attached hydrogens (tertiary/aromatic N) is 4. The van der Waals surface area contributed by atoms with Crippen molar-refractivity contribution in [3.8, 4) is 90.1 Å². The number of fused-ring (bicyclic) bond motifs is 2. The van der Waals surface area contributed by atoms with Crippen LogP contribution in [0.3, 0.4) is 0 Å². The van der Waals surface area contributed by atoms with Crippen molar-refractivity contribution in [2.75, 3.05) is 0 Å². The smallest absolute Gasteiger partial charge is 0.160 e. The molecule has 0 atom stereocenters. The van der Waals surface area contributed by atoms with Crippen molar-refractivity contribution in [3.63, 3.8) is 0 Å². The zero-order valence-corrected chi connectivity index (χ0v) is 34.0. The van der Waals surface area contributed by atoms with E-state index in [1.165, 1.54) is 48.8 Å². The van der Waals surface area contributed by atoms with Crippen LogP contribution in [0.25, 0.3) is 90.1 Å². The molecule has 2 aliphatic carbocycles. The molecular weight excluding hydrogens is 741 g/mol. The lowest BCUT2D eigenvalue weighted by Gasteiger charge is -2.27. The van der Waals surface area contributed by atoms with Gasteiger partial charge in [-0.2, -0.15) is 0 Å². The highest BCUT2D eigenvalue weighted by atomic mass is 14.9. The Morgan fingerprint density at radius 2 is 0.656 bits per heavy atom. The number of hydrogen-bond donors (Lipinski definition) is 0. The van der Waals surface area contributed by atoms with Gasteiger partial charge >= 0.3 is 0 Å². The lowest BCUT2D eigenvalue weighted by Crippen LogP contribution is -2.19. The van der Waals surface area contributed by atoms with Gasteiger partial charge in [0, 0.05) is 33.4 Å². The Morgan fingerprint density at radius 3 is 1.05 bits per heavy atom. The number of aromatic nitrogens is 4. The number of rotatable bonds is 9. The van der Waals surface area contributed by atoms with Crippen molar-refractivity contribution in [3.05, 3.63) is 206 Å². The van der Waals surface area contributed by atoms with Gasteiger partial charge in [-0.3, -0.25) is 0 Å². The SMILES string of the molecule is c1ccc(-c2ccc(-c3cc(-c4ccc(-c5ccc(-c6cc(-c7cccc(C89CCC(CC8)C9)c7)nc(-c7ccccc7)n6)cc5)cc4)nc(-c4ccccc4)n3)cc2)cc1. The summed E-state index contributed by atoms with van der Waals surface area (Å²) in [5.41, 5.74) is 16.4. The van der Waals surface area contributed by atoms with Crippen molar-refractivity contribution in [1.82, 2.24) is 19.9 Å². The summed E-state index contributed by atoms with van der Waals surface area (Å²) in [4.78, 5) is 20.4. The van der Waals surface area contributed by atoms with Crippen molar-refractivity contribution in [1.29, 1.82) is 0 Å². The van der Waals surface area contributed by atoms with Gasteiger partial charge in [0.2, 0.25) is 0 Å². The van der Waals surface area contributed by atoms with Gasteiger partial charge in [-0.25, -0.2) is 19.9 Å². The second-order valence-electron chi connectivity index (χ2n) is 16.8. The second-order valence-corrected chi connectivity index (χ2v) is 16.8. The van der Waals surface area contributed by atoms with Crippen LogP contribution in [0, 0.1) is 5.92 Å². The Balaban J connectivity index is 0.897. The van der Waals surface area contributed by atoms with Crippen molar-refractivity contribution in [2.45, 2.75) is 37.5 Å². The van der Waals surface area contributed by atoms with Crippen LogP contribution in [-0.4, -0.2) is 19.9 Å². The number of hydrogen-bond acceptors (Lipinski definition) is 4. The van der Waals surface area contributed by atoms with Crippen molar-refractivity contribution >= 4 is 0 Å². The van der Waals surface area contributed by atoms with Crippen LogP contribution in [0.2, 0.25) is 0 Å². The molecule has 292 valence electrons. The average molecular weight is 785 g/mol. The van der Waals surface area contributed by atoms with Gasteiger partial charge in [0.05, 0.1) is 22.8 Å². The third kappa shape index (κ3) is 7.36. The van der Waals surface area contributed by atoms with Gasteiger partial charge in [-0.05, 0) is 89.5 Å². The van der Waals surface area contributed by atoms with E-state index in [1.54, 1.807) is 0 Å². The summed E-state index contributed by atoms with van der Waals surface area (Å²) in [6.45, 7) is 0. The minimum absolute atomic E-state index is 0.339. The Labute approximate surface area is 357 Å². The predicted octanol–water partition coefficient (Wildman–Crippen LogP) is 14.4. The first kappa shape index (κ1) is 36.8. The Morgan fingerprint density at radius 1 is 0.311 bits per heavy atom. The molecule has 2 bridgehead atoms. The minimum atomic E-state index is 0.339. The predicted molar refractivity (Wildman–Crippen MR) is 249 cm³/mol. The molecule has 0 spiro atoms. The summed E-state index contributed by atoms with van der Waals surface area (Å²) in [6.07, 6.45) is 6.68. The quantitative estimate of drug-likeness (QED) is 0.146. The van der Waals surface area contributed by atoms with Crippen LogP contribution in [0.5, 0.6) is 0 Å². The maximum absolute atomic E-state index is 5.16. The molecule has 0 unspecified atom stereocenters. The zero-order chi connectivity index (χ0) is 40.6. The fourth-order valence-corrected chi connectivity index (χ4v) is 9.66. The molecule has 2 aromatic heterocycles. The maximum Gasteiger partial charge on any atom is 0.160 e. The summed E-state index contributed by atoms with van der Waals surface area (Å²) >= 11 is 0. The first-order valence-electron chi connectivity index (χ1n) is 21.5. The molecule has 2 aliphatic rings. The molecule has 2 fully saturated rings. The highest BCUT2D eigenvalue weighted by Gasteiger charge is 2.45. The molecule has 61 heavy (non-hydrogen) atoms. The maximum atomic E-state index is 5.16. The number of benzene rings is 7. The first-order chi connectivity index (χ1) is 30.1. The van der Waals surface area contributed by atoms with Gasteiger partial charge in [0.25, 0.3) is 0 Å². The van der Waals surface area contributed by atoms with Gasteiger partial charge in [0.1, 0.15) is 0 Å². The third-order valence-corrected chi connectivity index (χ3v) is 13.0. The molecule has 11 rings (SSSR count). The van der Waals surface area contributed by atoms with Crippen LogP contribution in [0.4, 0.5) is 0 Å². The van der Waals surface area contributed by atoms with Crippen LogP contribution < -0.4 is 0 Å². The molecule has 4 nitrogen and oxygen atoms in total. The van der Waals surface area contributed by atoms with E-state index in [4.69, 9.17) is 19.9 Å². The molecule has 0 N–H and O–H groups in total. The Hall–Kier alpha value is -7.30. The minimum Gasteiger partial charge on any atom is -0.228 e. The zero-order valence-electron chi connectivity index (χ0n) is 34.0. The molecule has 0 radical (unpaired) electrons. The molecule has 9 aromatic rings. The largest absolute Gasteiger partial charge is 0.228 e. The monoisotopic (exact) mass is 784 g/mol. The van der Waals surface area contributed by atoms with Crippen LogP contribution >= 0.6 is 0 Å². The topological polar surface area (TPSA) is 51.6 Å². The van der Waals surface area contributed by atoms with Crippen molar-refractivity contribution < 1.29 is 0 Å². The highest BCUT2D eigenvalue weighted by Crippen LogP contribution is 2.55. The summed E-state index contributed by atoms with van der Waals surface area (Å²) in [5.74, 6) is 2.34. The van der Waals surface area contributed by atoms with E-state index in [2.05, 4.69) is 170 Å². The molecule has 0 aliphatic heterocycles. The van der Waals surface area contributed by atoms with Gasteiger partial charge in [-0.1, -0.05) is 182 Å². The van der Waals surface area contributed by atoms with E-state index in [-0.39, 0.29) is 0 Å². The van der Waals surface area contributed by atoms with Gasteiger partial charge in [0.15, 0.2) is 11.6 Å². The molecule has 0 saturated heterocycles. The molecule has 2 heterocycles. The van der Waals surface area contributed by atoms with E-state index in [0.29, 0.717) is 11.2 Å². The standard InChI is InChI=1S/C57H44N4/c1-4-11-40(12-5-1)41-19-25-44(26-20-41)51-36-52(59-55(58-51)47-13-6-2-7-14-47)45-27-21-42(22-28-45)43-23-29-46(30-24-43)53-37-54(61-56(60-53)48-15-8-3-9-16-48)49-17-10-18-50(35-49)57-33-31-39(38-57)32-34-57/h1-30,35-37,39H,31-34,38H2. The summed E-state index contributed by atoms with van der Waals surface area (Å²) in [7, 11) is 0. The molecular formula is C57H44N4. The molecule has 7 aromatic carbocycles. The highest BCUT2D eigenvalue weighted by molar-refractivity contribution is 5.78. The first-order valence-corrected chi connectivity index (χ1v) is 21.5. The fraction of sp³-hybridized carbons (Fsp3) is 0.123.